The molecule has 0 aliphatic rings. The van der Waals surface area contributed by atoms with Gasteiger partial charge in [-0.3, -0.25) is 4.79 Å². The molecule has 0 atom stereocenters. The molecule has 19 heavy (non-hydrogen) atoms. The maximum Gasteiger partial charge on any atom is 0.426 e. The average molecular weight is 358 g/mol. The van der Waals surface area contributed by atoms with Gasteiger partial charge in [-0.1, -0.05) is 27.5 Å². The van der Waals surface area contributed by atoms with E-state index in [1.165, 1.54) is 6.07 Å². The van der Waals surface area contributed by atoms with Crippen LogP contribution < -0.4 is 4.74 Å². The summed E-state index contributed by atoms with van der Waals surface area (Å²) in [5, 5.41) is -1.30. The number of esters is 1. The van der Waals surface area contributed by atoms with Gasteiger partial charge >= 0.3 is 12.1 Å². The van der Waals surface area contributed by atoms with E-state index in [4.69, 9.17) is 16.3 Å². The van der Waals surface area contributed by atoms with Crippen LogP contribution in [0.2, 0.25) is 0 Å². The normalized spacial score (nSPS) is 12.5. The van der Waals surface area contributed by atoms with Gasteiger partial charge in [-0.15, -0.1) is 0 Å². The van der Waals surface area contributed by atoms with Crippen LogP contribution in [0.25, 0.3) is 6.08 Å². The van der Waals surface area contributed by atoms with Gasteiger partial charge in [0.2, 0.25) is 0 Å². The molecule has 0 spiro atoms. The molecule has 2 nitrogen and oxygen atoms in total. The molecule has 1 aromatic carbocycles. The lowest BCUT2D eigenvalue weighted by atomic mass is 10.1. The van der Waals surface area contributed by atoms with Crippen LogP contribution in [0, 0.1) is 6.92 Å². The second-order valence-corrected chi connectivity index (χ2v) is 5.00. The molecule has 104 valence electrons. The molecule has 0 saturated carbocycles. The summed E-state index contributed by atoms with van der Waals surface area (Å²) in [4.78, 5) is 11.0. The first-order valence-electron chi connectivity index (χ1n) is 5.04. The third kappa shape index (κ3) is 4.54. The topological polar surface area (TPSA) is 26.3 Å². The summed E-state index contributed by atoms with van der Waals surface area (Å²) >= 11 is 8.31. The Balaban J connectivity index is 3.37. The summed E-state index contributed by atoms with van der Waals surface area (Å²) in [6, 6.07) is 3.05. The number of hydrogen-bond acceptors (Lipinski definition) is 2. The van der Waals surface area contributed by atoms with Crippen molar-refractivity contribution in [1.82, 2.24) is 0 Å². The lowest BCUT2D eigenvalue weighted by Crippen LogP contribution is -2.08. The van der Waals surface area contributed by atoms with Gasteiger partial charge in [-0.2, -0.15) is 13.2 Å². The van der Waals surface area contributed by atoms with E-state index < -0.39 is 17.2 Å². The van der Waals surface area contributed by atoms with E-state index >= 15 is 0 Å². The van der Waals surface area contributed by atoms with Crippen molar-refractivity contribution in [3.05, 3.63) is 32.8 Å². The number of carbonyl (C=O) groups is 1. The van der Waals surface area contributed by atoms with Crippen LogP contribution >= 0.6 is 27.5 Å². The SMILES string of the molecule is CC(=O)Oc1cc(C)cc(Br)c1/C=C(\Cl)C(F)(F)F. The Morgan fingerprint density at radius 1 is 1.42 bits per heavy atom. The molecule has 0 bridgehead atoms. The van der Waals surface area contributed by atoms with Crippen LogP contribution in [0.1, 0.15) is 18.1 Å². The van der Waals surface area contributed by atoms with E-state index in [2.05, 4.69) is 15.9 Å². The Hall–Kier alpha value is -1.01. The Morgan fingerprint density at radius 3 is 2.47 bits per heavy atom. The summed E-state index contributed by atoms with van der Waals surface area (Å²) in [7, 11) is 0. The predicted molar refractivity (Wildman–Crippen MR) is 70.1 cm³/mol. The first-order chi connectivity index (χ1) is 8.61. The molecule has 0 unspecified atom stereocenters. The average Bonchev–Trinajstić information content (AvgIpc) is 2.20. The number of allylic oxidation sites excluding steroid dienone is 1. The van der Waals surface area contributed by atoms with Gasteiger partial charge in [0.1, 0.15) is 10.8 Å². The van der Waals surface area contributed by atoms with Crippen molar-refractivity contribution < 1.29 is 22.7 Å². The highest BCUT2D eigenvalue weighted by Gasteiger charge is 2.32. The predicted octanol–water partition coefficient (Wildman–Crippen LogP) is 4.82. The van der Waals surface area contributed by atoms with Crippen molar-refractivity contribution in [2.24, 2.45) is 0 Å². The van der Waals surface area contributed by atoms with E-state index in [9.17, 15) is 18.0 Å². The van der Waals surface area contributed by atoms with Crippen molar-refractivity contribution in [2.45, 2.75) is 20.0 Å². The number of benzene rings is 1. The molecule has 0 aliphatic heterocycles. The summed E-state index contributed by atoms with van der Waals surface area (Å²) in [6.45, 7) is 2.88. The Bertz CT molecular complexity index is 539. The van der Waals surface area contributed by atoms with Gasteiger partial charge in [-0.05, 0) is 30.7 Å². The van der Waals surface area contributed by atoms with Crippen LogP contribution in [0.5, 0.6) is 5.75 Å². The fraction of sp³-hybridized carbons (Fsp3) is 0.250. The third-order valence-corrected chi connectivity index (χ3v) is 3.01. The summed E-state index contributed by atoms with van der Waals surface area (Å²) in [5.41, 5.74) is 0.784. The zero-order valence-corrected chi connectivity index (χ0v) is 12.3. The molecule has 0 aliphatic carbocycles. The van der Waals surface area contributed by atoms with Crippen LogP contribution in [0.3, 0.4) is 0 Å². The molecule has 0 aromatic heterocycles. The first kappa shape index (κ1) is 16.0. The highest BCUT2D eigenvalue weighted by atomic mass is 79.9. The van der Waals surface area contributed by atoms with E-state index in [1.54, 1.807) is 13.0 Å². The van der Waals surface area contributed by atoms with Gasteiger partial charge in [0.25, 0.3) is 0 Å². The summed E-state index contributed by atoms with van der Waals surface area (Å²) in [5.74, 6) is -0.614. The van der Waals surface area contributed by atoms with Crippen molar-refractivity contribution >= 4 is 39.6 Å². The van der Waals surface area contributed by atoms with Crippen LogP contribution in [-0.4, -0.2) is 12.1 Å². The number of aryl methyl sites for hydroxylation is 1. The molecular weight excluding hydrogens is 348 g/mol. The van der Waals surface area contributed by atoms with E-state index in [0.29, 0.717) is 10.5 Å². The van der Waals surface area contributed by atoms with Crippen molar-refractivity contribution in [2.75, 3.05) is 0 Å². The zero-order chi connectivity index (χ0) is 14.8. The fourth-order valence-electron chi connectivity index (χ4n) is 1.31. The van der Waals surface area contributed by atoms with Crippen LogP contribution in [0.4, 0.5) is 13.2 Å². The van der Waals surface area contributed by atoms with E-state index in [-0.39, 0.29) is 11.3 Å². The third-order valence-electron chi connectivity index (χ3n) is 2.03. The molecule has 1 rings (SSSR count). The Labute approximate surface area is 121 Å². The number of alkyl halides is 3. The van der Waals surface area contributed by atoms with Gasteiger partial charge < -0.3 is 4.74 Å². The van der Waals surface area contributed by atoms with Gasteiger partial charge in [0.15, 0.2) is 0 Å². The summed E-state index contributed by atoms with van der Waals surface area (Å²) < 4.78 is 42.5. The number of halogens is 5. The minimum Gasteiger partial charge on any atom is -0.426 e. The molecule has 0 radical (unpaired) electrons. The van der Waals surface area contributed by atoms with Gasteiger partial charge in [0.05, 0.1) is 0 Å². The smallest absolute Gasteiger partial charge is 0.426 e. The van der Waals surface area contributed by atoms with E-state index in [1.807, 2.05) is 0 Å². The molecule has 0 heterocycles. The molecule has 0 saturated heterocycles. The van der Waals surface area contributed by atoms with Gasteiger partial charge in [0, 0.05) is 17.0 Å². The highest BCUT2D eigenvalue weighted by molar-refractivity contribution is 9.10. The second kappa shape index (κ2) is 5.96. The largest absolute Gasteiger partial charge is 0.426 e. The summed E-state index contributed by atoms with van der Waals surface area (Å²) in [6.07, 6.45) is -3.94. The van der Waals surface area contributed by atoms with Crippen molar-refractivity contribution in [3.63, 3.8) is 0 Å². The monoisotopic (exact) mass is 356 g/mol. The van der Waals surface area contributed by atoms with Crippen LogP contribution in [0.15, 0.2) is 21.6 Å². The molecule has 7 heteroatoms. The van der Waals surface area contributed by atoms with Crippen molar-refractivity contribution in [1.29, 1.82) is 0 Å². The lowest BCUT2D eigenvalue weighted by molar-refractivity contribution is -0.131. The van der Waals surface area contributed by atoms with Crippen molar-refractivity contribution in [3.8, 4) is 5.75 Å². The standard InChI is InChI=1S/C12H9BrClF3O2/c1-6-3-9(13)8(5-11(14)12(15,16)17)10(4-6)19-7(2)18/h3-5H,1-2H3/b11-5-. The molecular formula is C12H9BrClF3O2. The highest BCUT2D eigenvalue weighted by Crippen LogP contribution is 2.36. The second-order valence-electron chi connectivity index (χ2n) is 3.74. The number of rotatable bonds is 2. The quantitative estimate of drug-likeness (QED) is 0.560. The molecule has 1 aromatic rings. The lowest BCUT2D eigenvalue weighted by Gasteiger charge is -2.11. The molecule has 0 N–H and O–H groups in total. The first-order valence-corrected chi connectivity index (χ1v) is 6.21. The zero-order valence-electron chi connectivity index (χ0n) is 9.94. The molecule has 0 fully saturated rings. The number of carbonyl (C=O) groups excluding carboxylic acids is 1. The minimum absolute atomic E-state index is 0.0155. The minimum atomic E-state index is -4.65. The number of ether oxygens (including phenoxy) is 1. The fourth-order valence-corrected chi connectivity index (χ4v) is 2.09. The molecule has 0 amide bonds. The van der Waals surface area contributed by atoms with Crippen LogP contribution in [-0.2, 0) is 4.79 Å². The van der Waals surface area contributed by atoms with Gasteiger partial charge in [-0.25, -0.2) is 0 Å². The Kier molecular flexibility index (Phi) is 5.04. The number of hydrogen-bond donors (Lipinski definition) is 0. The Morgan fingerprint density at radius 2 is 2.00 bits per heavy atom. The maximum absolute atomic E-state index is 12.4. The maximum atomic E-state index is 12.4. The van der Waals surface area contributed by atoms with E-state index in [0.717, 1.165) is 12.5 Å².